The van der Waals surface area contributed by atoms with Crippen LogP contribution in [0.15, 0.2) is 18.2 Å². The molecule has 2 saturated heterocycles. The molecule has 0 atom stereocenters. The molecule has 2 heterocycles. The molecule has 9 nitrogen and oxygen atoms in total. The minimum atomic E-state index is -3.46. The highest BCUT2D eigenvalue weighted by Gasteiger charge is 2.33. The zero-order valence-electron chi connectivity index (χ0n) is 15.1. The molecule has 0 aromatic heterocycles. The van der Waals surface area contributed by atoms with Crippen molar-refractivity contribution < 1.29 is 13.3 Å². The molecule has 0 radical (unpaired) electrons. The van der Waals surface area contributed by atoms with Gasteiger partial charge in [0, 0.05) is 51.4 Å². The number of hydrogen-bond donors (Lipinski definition) is 0. The Morgan fingerprint density at radius 1 is 0.963 bits per heavy atom. The zero-order chi connectivity index (χ0) is 19.4. The summed E-state index contributed by atoms with van der Waals surface area (Å²) in [5, 5.41) is 20.2. The standard InChI is InChI=1S/C17H23N5O4S/c18-14-15-13-16(22(23)24)5-6-17(15)19-9-11-21(12-10-19)27(25,26)20-7-3-1-2-4-8-20/h5-6,13H,1-4,7-12H2. The summed E-state index contributed by atoms with van der Waals surface area (Å²) in [6.45, 7) is 2.70. The van der Waals surface area contributed by atoms with Gasteiger partial charge in [0.05, 0.1) is 16.2 Å². The summed E-state index contributed by atoms with van der Waals surface area (Å²) in [4.78, 5) is 12.3. The van der Waals surface area contributed by atoms with Crippen molar-refractivity contribution in [1.82, 2.24) is 8.61 Å². The molecule has 146 valence electrons. The number of nitriles is 1. The van der Waals surface area contributed by atoms with Gasteiger partial charge in [0.25, 0.3) is 15.9 Å². The van der Waals surface area contributed by atoms with Crippen molar-refractivity contribution in [2.24, 2.45) is 0 Å². The monoisotopic (exact) mass is 393 g/mol. The summed E-state index contributed by atoms with van der Waals surface area (Å²) < 4.78 is 28.9. The molecule has 0 saturated carbocycles. The largest absolute Gasteiger partial charge is 0.368 e. The fourth-order valence-electron chi connectivity index (χ4n) is 3.60. The van der Waals surface area contributed by atoms with Crippen LogP contribution in [-0.2, 0) is 10.2 Å². The highest BCUT2D eigenvalue weighted by molar-refractivity contribution is 7.86. The second-order valence-electron chi connectivity index (χ2n) is 6.78. The Labute approximate surface area is 159 Å². The summed E-state index contributed by atoms with van der Waals surface area (Å²) in [6.07, 6.45) is 3.93. The van der Waals surface area contributed by atoms with Crippen molar-refractivity contribution in [2.75, 3.05) is 44.2 Å². The number of non-ortho nitro benzene ring substituents is 1. The van der Waals surface area contributed by atoms with E-state index >= 15 is 0 Å². The van der Waals surface area contributed by atoms with Crippen molar-refractivity contribution in [3.63, 3.8) is 0 Å². The maximum Gasteiger partial charge on any atom is 0.282 e. The third-order valence-electron chi connectivity index (χ3n) is 5.11. The molecule has 0 unspecified atom stereocenters. The predicted octanol–water partition coefficient (Wildman–Crippen LogP) is 1.71. The van der Waals surface area contributed by atoms with E-state index in [4.69, 9.17) is 0 Å². The number of nitro groups is 1. The summed E-state index contributed by atoms with van der Waals surface area (Å²) in [7, 11) is -3.46. The van der Waals surface area contributed by atoms with Crippen LogP contribution in [0, 0.1) is 21.4 Å². The zero-order valence-corrected chi connectivity index (χ0v) is 15.9. The Bertz CT molecular complexity index is 835. The van der Waals surface area contributed by atoms with Gasteiger partial charge in [-0.3, -0.25) is 10.1 Å². The molecule has 0 spiro atoms. The molecule has 0 N–H and O–H groups in total. The quantitative estimate of drug-likeness (QED) is 0.569. The lowest BCUT2D eigenvalue weighted by atomic mass is 10.1. The lowest BCUT2D eigenvalue weighted by molar-refractivity contribution is -0.384. The first kappa shape index (κ1) is 19.5. The van der Waals surface area contributed by atoms with Crippen LogP contribution < -0.4 is 4.90 Å². The first-order chi connectivity index (χ1) is 12.9. The van der Waals surface area contributed by atoms with Gasteiger partial charge < -0.3 is 4.90 Å². The fraction of sp³-hybridized carbons (Fsp3) is 0.588. The molecule has 0 bridgehead atoms. The number of nitrogens with zero attached hydrogens (tertiary/aromatic N) is 5. The second kappa shape index (κ2) is 8.21. The smallest absolute Gasteiger partial charge is 0.282 e. The van der Waals surface area contributed by atoms with Crippen molar-refractivity contribution in [3.05, 3.63) is 33.9 Å². The first-order valence-corrected chi connectivity index (χ1v) is 10.5. The Morgan fingerprint density at radius 3 is 2.11 bits per heavy atom. The average Bonchev–Trinajstić information content (AvgIpc) is 2.97. The minimum Gasteiger partial charge on any atom is -0.368 e. The molecule has 1 aromatic carbocycles. The van der Waals surface area contributed by atoms with Gasteiger partial charge >= 0.3 is 0 Å². The summed E-state index contributed by atoms with van der Waals surface area (Å²) >= 11 is 0. The third kappa shape index (κ3) is 4.21. The van der Waals surface area contributed by atoms with Gasteiger partial charge in [0.15, 0.2) is 0 Å². The van der Waals surface area contributed by atoms with E-state index < -0.39 is 15.1 Å². The molecule has 10 heteroatoms. The lowest BCUT2D eigenvalue weighted by Crippen LogP contribution is -2.53. The molecular formula is C17H23N5O4S. The van der Waals surface area contributed by atoms with Crippen molar-refractivity contribution in [3.8, 4) is 6.07 Å². The summed E-state index contributed by atoms with van der Waals surface area (Å²) in [6, 6.07) is 6.20. The Morgan fingerprint density at radius 2 is 1.56 bits per heavy atom. The van der Waals surface area contributed by atoms with Crippen LogP contribution in [0.4, 0.5) is 11.4 Å². The Balaban J connectivity index is 1.70. The van der Waals surface area contributed by atoms with E-state index in [9.17, 15) is 23.8 Å². The SMILES string of the molecule is N#Cc1cc([N+](=O)[O-])ccc1N1CCN(S(=O)(=O)N2CCCCCC2)CC1. The number of rotatable bonds is 4. The normalized spacial score (nSPS) is 20.0. The molecule has 2 aliphatic rings. The van der Waals surface area contributed by atoms with Crippen LogP contribution in [0.2, 0.25) is 0 Å². The van der Waals surface area contributed by atoms with Gasteiger partial charge in [-0.05, 0) is 18.9 Å². The minimum absolute atomic E-state index is 0.127. The van der Waals surface area contributed by atoms with Gasteiger partial charge in [-0.15, -0.1) is 0 Å². The number of hydrogen-bond acceptors (Lipinski definition) is 6. The molecule has 0 aliphatic carbocycles. The number of piperazine rings is 1. The van der Waals surface area contributed by atoms with Crippen molar-refractivity contribution in [2.45, 2.75) is 25.7 Å². The van der Waals surface area contributed by atoms with E-state index in [2.05, 4.69) is 0 Å². The highest BCUT2D eigenvalue weighted by atomic mass is 32.2. The molecule has 2 aliphatic heterocycles. The number of benzene rings is 1. The highest BCUT2D eigenvalue weighted by Crippen LogP contribution is 2.27. The van der Waals surface area contributed by atoms with E-state index in [1.54, 1.807) is 10.4 Å². The third-order valence-corrected chi connectivity index (χ3v) is 7.14. The number of anilines is 1. The van der Waals surface area contributed by atoms with E-state index in [0.717, 1.165) is 25.7 Å². The Hall–Kier alpha value is -2.22. The summed E-state index contributed by atoms with van der Waals surface area (Å²) in [5.74, 6) is 0. The maximum atomic E-state index is 12.9. The first-order valence-electron chi connectivity index (χ1n) is 9.12. The van der Waals surface area contributed by atoms with Gasteiger partial charge in [-0.1, -0.05) is 12.8 Å². The number of nitro benzene ring substituents is 1. The van der Waals surface area contributed by atoms with E-state index in [-0.39, 0.29) is 11.3 Å². The molecule has 0 amide bonds. The van der Waals surface area contributed by atoms with Gasteiger partial charge in [-0.2, -0.15) is 22.3 Å². The van der Waals surface area contributed by atoms with Gasteiger partial charge in [-0.25, -0.2) is 0 Å². The predicted molar refractivity (Wildman–Crippen MR) is 101 cm³/mol. The van der Waals surface area contributed by atoms with Crippen LogP contribution >= 0.6 is 0 Å². The van der Waals surface area contributed by atoms with E-state index in [1.165, 1.54) is 16.4 Å². The molecule has 1 aromatic rings. The molecule has 27 heavy (non-hydrogen) atoms. The van der Waals surface area contributed by atoms with Crippen LogP contribution in [0.5, 0.6) is 0 Å². The van der Waals surface area contributed by atoms with Crippen molar-refractivity contribution >= 4 is 21.6 Å². The van der Waals surface area contributed by atoms with Crippen molar-refractivity contribution in [1.29, 1.82) is 5.26 Å². The average molecular weight is 393 g/mol. The summed E-state index contributed by atoms with van der Waals surface area (Å²) in [5.41, 5.74) is 0.709. The topological polar surface area (TPSA) is 111 Å². The van der Waals surface area contributed by atoms with Crippen LogP contribution in [0.3, 0.4) is 0 Å². The van der Waals surface area contributed by atoms with E-state index in [0.29, 0.717) is 45.0 Å². The van der Waals surface area contributed by atoms with Crippen LogP contribution in [0.1, 0.15) is 31.2 Å². The van der Waals surface area contributed by atoms with Gasteiger partial charge in [0.1, 0.15) is 6.07 Å². The van der Waals surface area contributed by atoms with E-state index in [1.807, 2.05) is 11.0 Å². The van der Waals surface area contributed by atoms with Crippen LogP contribution in [0.25, 0.3) is 0 Å². The fourth-order valence-corrected chi connectivity index (χ4v) is 5.27. The maximum absolute atomic E-state index is 12.9. The molecular weight excluding hydrogens is 370 g/mol. The van der Waals surface area contributed by atoms with Crippen LogP contribution in [-0.4, -0.2) is 61.2 Å². The second-order valence-corrected chi connectivity index (χ2v) is 8.71. The van der Waals surface area contributed by atoms with Gasteiger partial charge in [0.2, 0.25) is 0 Å². The lowest BCUT2D eigenvalue weighted by Gasteiger charge is -2.37. The Kier molecular flexibility index (Phi) is 5.94. The molecule has 3 rings (SSSR count). The molecule has 2 fully saturated rings.